The minimum atomic E-state index is 0.0711. The number of nitrogens with one attached hydrogen (secondary N) is 1. The molecule has 1 atom stereocenters. The fourth-order valence-electron chi connectivity index (χ4n) is 2.23. The van der Waals surface area contributed by atoms with Gasteiger partial charge >= 0.3 is 0 Å². The van der Waals surface area contributed by atoms with Crippen molar-refractivity contribution in [3.05, 3.63) is 62.2 Å². The number of hydrogen-bond donors (Lipinski definition) is 1. The fourth-order valence-corrected chi connectivity index (χ4v) is 3.06. The van der Waals surface area contributed by atoms with E-state index in [9.17, 15) is 0 Å². The number of benzene rings is 2. The summed E-state index contributed by atoms with van der Waals surface area (Å²) in [5, 5.41) is 4.26. The first-order valence-electron chi connectivity index (χ1n) is 6.48. The average molecular weight is 402 g/mol. The topological polar surface area (TPSA) is 21.3 Å². The lowest BCUT2D eigenvalue weighted by molar-refractivity contribution is 0.404. The van der Waals surface area contributed by atoms with Crippen molar-refractivity contribution in [1.29, 1.82) is 0 Å². The van der Waals surface area contributed by atoms with Gasteiger partial charge in [-0.05, 0) is 59.0 Å². The first-order chi connectivity index (χ1) is 9.67. The second kappa shape index (κ2) is 7.29. The van der Waals surface area contributed by atoms with E-state index in [0.29, 0.717) is 0 Å². The summed E-state index contributed by atoms with van der Waals surface area (Å²) in [6.45, 7) is 2.96. The molecule has 4 heteroatoms. The average Bonchev–Trinajstić information content (AvgIpc) is 2.47. The molecular weight excluding hydrogens is 385 g/mol. The van der Waals surface area contributed by atoms with Crippen LogP contribution in [0, 0.1) is 3.57 Å². The van der Waals surface area contributed by atoms with E-state index in [1.54, 1.807) is 7.11 Å². The van der Waals surface area contributed by atoms with Gasteiger partial charge < -0.3 is 10.1 Å². The van der Waals surface area contributed by atoms with Crippen molar-refractivity contribution in [3.8, 4) is 5.75 Å². The van der Waals surface area contributed by atoms with E-state index in [-0.39, 0.29) is 6.04 Å². The molecule has 1 unspecified atom stereocenters. The van der Waals surface area contributed by atoms with Gasteiger partial charge in [-0.15, -0.1) is 0 Å². The van der Waals surface area contributed by atoms with E-state index in [2.05, 4.69) is 40.9 Å². The van der Waals surface area contributed by atoms with Crippen LogP contribution in [-0.2, 0) is 0 Å². The summed E-state index contributed by atoms with van der Waals surface area (Å²) < 4.78 is 6.67. The first-order valence-corrected chi connectivity index (χ1v) is 7.94. The molecule has 20 heavy (non-hydrogen) atoms. The third-order valence-electron chi connectivity index (χ3n) is 3.13. The highest BCUT2D eigenvalue weighted by atomic mass is 127. The minimum Gasteiger partial charge on any atom is -0.496 e. The molecule has 0 amide bonds. The van der Waals surface area contributed by atoms with Crippen LogP contribution in [0.4, 0.5) is 0 Å². The number of rotatable bonds is 5. The number of para-hydroxylation sites is 1. The van der Waals surface area contributed by atoms with Crippen molar-refractivity contribution in [2.24, 2.45) is 0 Å². The van der Waals surface area contributed by atoms with E-state index in [4.69, 9.17) is 16.3 Å². The molecule has 0 spiro atoms. The van der Waals surface area contributed by atoms with Gasteiger partial charge in [-0.2, -0.15) is 0 Å². The first kappa shape index (κ1) is 15.6. The maximum Gasteiger partial charge on any atom is 0.123 e. The molecule has 0 fully saturated rings. The molecule has 0 aromatic heterocycles. The van der Waals surface area contributed by atoms with Gasteiger partial charge in [0.1, 0.15) is 5.75 Å². The van der Waals surface area contributed by atoms with Crippen molar-refractivity contribution in [2.45, 2.75) is 13.0 Å². The van der Waals surface area contributed by atoms with Gasteiger partial charge in [-0.25, -0.2) is 0 Å². The summed E-state index contributed by atoms with van der Waals surface area (Å²) in [4.78, 5) is 0. The van der Waals surface area contributed by atoms with Crippen molar-refractivity contribution in [3.63, 3.8) is 0 Å². The summed E-state index contributed by atoms with van der Waals surface area (Å²) >= 11 is 8.50. The Balaban J connectivity index is 2.53. The normalized spacial score (nSPS) is 12.2. The zero-order valence-corrected chi connectivity index (χ0v) is 14.4. The molecule has 2 aromatic rings. The smallest absolute Gasteiger partial charge is 0.123 e. The summed E-state index contributed by atoms with van der Waals surface area (Å²) in [5.74, 6) is 0.884. The standard InChI is InChI=1S/C16H17ClINO/c1-3-19-16(12-6-4-5-7-15(12)20-2)13-10-11(17)8-9-14(13)18/h4-10,16,19H,3H2,1-2H3. The van der Waals surface area contributed by atoms with Crippen LogP contribution in [0.5, 0.6) is 5.75 Å². The maximum atomic E-state index is 6.16. The van der Waals surface area contributed by atoms with Crippen molar-refractivity contribution in [1.82, 2.24) is 5.32 Å². The zero-order chi connectivity index (χ0) is 14.5. The van der Waals surface area contributed by atoms with Crippen LogP contribution >= 0.6 is 34.2 Å². The predicted molar refractivity (Wildman–Crippen MR) is 92.7 cm³/mol. The highest BCUT2D eigenvalue weighted by Crippen LogP contribution is 2.33. The molecule has 0 saturated carbocycles. The quantitative estimate of drug-likeness (QED) is 0.736. The van der Waals surface area contributed by atoms with E-state index >= 15 is 0 Å². The summed E-state index contributed by atoms with van der Waals surface area (Å²) in [6.07, 6.45) is 0. The van der Waals surface area contributed by atoms with Gasteiger partial charge in [0, 0.05) is 14.2 Å². The molecule has 106 valence electrons. The Bertz CT molecular complexity index is 588. The Labute approximate surface area is 138 Å². The lowest BCUT2D eigenvalue weighted by Crippen LogP contribution is -2.23. The van der Waals surface area contributed by atoms with Crippen molar-refractivity contribution in [2.75, 3.05) is 13.7 Å². The molecule has 2 aromatic carbocycles. The molecule has 0 radical (unpaired) electrons. The molecule has 2 rings (SSSR count). The summed E-state index contributed by atoms with van der Waals surface area (Å²) in [5.41, 5.74) is 2.29. The third kappa shape index (κ3) is 3.45. The molecule has 0 saturated heterocycles. The molecule has 0 bridgehead atoms. The van der Waals surface area contributed by atoms with Crippen LogP contribution in [0.2, 0.25) is 5.02 Å². The van der Waals surface area contributed by atoms with Crippen LogP contribution in [0.1, 0.15) is 24.1 Å². The molecule has 2 nitrogen and oxygen atoms in total. The third-order valence-corrected chi connectivity index (χ3v) is 4.34. The molecule has 0 aliphatic carbocycles. The lowest BCUT2D eigenvalue weighted by atomic mass is 9.98. The van der Waals surface area contributed by atoms with Gasteiger partial charge in [0.15, 0.2) is 0 Å². The predicted octanol–water partition coefficient (Wildman–Crippen LogP) is 4.65. The fraction of sp³-hybridized carbons (Fsp3) is 0.250. The number of hydrogen-bond acceptors (Lipinski definition) is 2. The Morgan fingerprint density at radius 1 is 1.20 bits per heavy atom. The zero-order valence-electron chi connectivity index (χ0n) is 11.5. The Morgan fingerprint density at radius 2 is 1.95 bits per heavy atom. The summed E-state index contributed by atoms with van der Waals surface area (Å²) in [6, 6.07) is 14.1. The minimum absolute atomic E-state index is 0.0711. The van der Waals surface area contributed by atoms with Gasteiger partial charge in [-0.1, -0.05) is 36.7 Å². The van der Waals surface area contributed by atoms with E-state index in [1.807, 2.05) is 36.4 Å². The largest absolute Gasteiger partial charge is 0.496 e. The van der Waals surface area contributed by atoms with Crippen molar-refractivity contribution >= 4 is 34.2 Å². The lowest BCUT2D eigenvalue weighted by Gasteiger charge is -2.22. The maximum absolute atomic E-state index is 6.16. The van der Waals surface area contributed by atoms with E-state index in [1.165, 1.54) is 9.13 Å². The second-order valence-electron chi connectivity index (χ2n) is 4.40. The van der Waals surface area contributed by atoms with Gasteiger partial charge in [0.2, 0.25) is 0 Å². The van der Waals surface area contributed by atoms with Gasteiger partial charge in [0.05, 0.1) is 13.2 Å². The van der Waals surface area contributed by atoms with Crippen LogP contribution in [0.15, 0.2) is 42.5 Å². The van der Waals surface area contributed by atoms with E-state index < -0.39 is 0 Å². The number of ether oxygens (including phenoxy) is 1. The van der Waals surface area contributed by atoms with Crippen molar-refractivity contribution < 1.29 is 4.74 Å². The SMILES string of the molecule is CCNC(c1cc(Cl)ccc1I)c1ccccc1OC. The molecule has 1 N–H and O–H groups in total. The van der Waals surface area contributed by atoms with Gasteiger partial charge in [-0.3, -0.25) is 0 Å². The van der Waals surface area contributed by atoms with Crippen LogP contribution in [0.3, 0.4) is 0 Å². The van der Waals surface area contributed by atoms with Gasteiger partial charge in [0.25, 0.3) is 0 Å². The molecular formula is C16H17ClINO. The van der Waals surface area contributed by atoms with Crippen LogP contribution in [-0.4, -0.2) is 13.7 Å². The highest BCUT2D eigenvalue weighted by molar-refractivity contribution is 14.1. The number of halogens is 2. The Morgan fingerprint density at radius 3 is 2.65 bits per heavy atom. The second-order valence-corrected chi connectivity index (χ2v) is 6.00. The summed E-state index contributed by atoms with van der Waals surface area (Å²) in [7, 11) is 1.70. The highest BCUT2D eigenvalue weighted by Gasteiger charge is 2.19. The Hall–Kier alpha value is -0.780. The monoisotopic (exact) mass is 401 g/mol. The molecule has 0 heterocycles. The number of methoxy groups -OCH3 is 1. The molecule has 0 aliphatic rings. The van der Waals surface area contributed by atoms with Crippen LogP contribution in [0.25, 0.3) is 0 Å². The van der Waals surface area contributed by atoms with Crippen LogP contribution < -0.4 is 10.1 Å². The molecule has 0 aliphatic heterocycles. The van der Waals surface area contributed by atoms with E-state index in [0.717, 1.165) is 22.9 Å². The Kier molecular flexibility index (Phi) is 5.69.